The molecule has 1 heterocycles. The summed E-state index contributed by atoms with van der Waals surface area (Å²) in [6, 6.07) is 0. The van der Waals surface area contributed by atoms with Crippen molar-refractivity contribution in [1.29, 1.82) is 0 Å². The molecule has 1 aliphatic rings. The van der Waals surface area contributed by atoms with Crippen LogP contribution in [0.2, 0.25) is 0 Å². The molecule has 2 heteroatoms. The Kier molecular flexibility index (Phi) is 4.55. The van der Waals surface area contributed by atoms with Gasteiger partial charge in [0.1, 0.15) is 0 Å². The fraction of sp³-hybridized carbons (Fsp3) is 1.00. The highest BCUT2D eigenvalue weighted by molar-refractivity contribution is 4.87. The van der Waals surface area contributed by atoms with Gasteiger partial charge in [-0.25, -0.2) is 0 Å². The number of unbranched alkanes of at least 4 members (excludes halogenated alkanes) is 2. The molecule has 0 aliphatic carbocycles. The molecule has 0 aromatic rings. The van der Waals surface area contributed by atoms with Crippen LogP contribution in [0.5, 0.6) is 0 Å². The molecular weight excluding hydrogens is 136 g/mol. The topological polar surface area (TPSA) is 17.3 Å². The first-order valence-electron chi connectivity index (χ1n) is 4.79. The van der Waals surface area contributed by atoms with Crippen molar-refractivity contribution in [3.05, 3.63) is 5.32 Å². The van der Waals surface area contributed by atoms with Gasteiger partial charge in [0, 0.05) is 0 Å². The number of piperazine rings is 1. The lowest BCUT2D eigenvalue weighted by Gasteiger charge is -2.35. The van der Waals surface area contributed by atoms with Gasteiger partial charge >= 0.3 is 0 Å². The predicted octanol–water partition coefficient (Wildman–Crippen LogP) is 1.87. The lowest BCUT2D eigenvalue weighted by molar-refractivity contribution is 0.272. The molecule has 1 saturated heterocycles. The average molecular weight is 155 g/mol. The summed E-state index contributed by atoms with van der Waals surface area (Å²) in [6.45, 7) is 8.07. The summed E-state index contributed by atoms with van der Waals surface area (Å²) < 4.78 is 0. The van der Waals surface area contributed by atoms with Crippen molar-refractivity contribution in [3.63, 3.8) is 0 Å². The molecule has 0 atom stereocenters. The van der Waals surface area contributed by atoms with Gasteiger partial charge in [-0.15, -0.1) is 13.1 Å². The third kappa shape index (κ3) is 3.73. The van der Waals surface area contributed by atoms with Gasteiger partial charge in [-0.1, -0.05) is 19.8 Å². The lowest BCUT2D eigenvalue weighted by atomic mass is 10.2. The third-order valence-corrected chi connectivity index (χ3v) is 2.23. The van der Waals surface area contributed by atoms with E-state index in [2.05, 4.69) is 17.1 Å². The van der Waals surface area contributed by atoms with Crippen molar-refractivity contribution < 1.29 is 0 Å². The number of hydrogen-bond acceptors (Lipinski definition) is 1. The van der Waals surface area contributed by atoms with E-state index in [0.29, 0.717) is 0 Å². The molecule has 0 aromatic heterocycles. The molecule has 0 aromatic carbocycles. The summed E-state index contributed by atoms with van der Waals surface area (Å²) >= 11 is 0. The smallest absolute Gasteiger partial charge is 0.00202 e. The van der Waals surface area contributed by atoms with Crippen LogP contribution in [0.3, 0.4) is 0 Å². The molecule has 66 valence electrons. The van der Waals surface area contributed by atoms with Crippen LogP contribution >= 0.6 is 0 Å². The Hall–Kier alpha value is -0.0800. The maximum Gasteiger partial charge on any atom is -0.00202 e. The van der Waals surface area contributed by atoms with Crippen molar-refractivity contribution in [2.24, 2.45) is 0 Å². The van der Waals surface area contributed by atoms with Crippen LogP contribution < -0.4 is 0 Å². The van der Waals surface area contributed by atoms with Gasteiger partial charge in [-0.05, 0) is 26.1 Å². The van der Waals surface area contributed by atoms with Gasteiger partial charge in [0.2, 0.25) is 0 Å². The Balaban J connectivity index is 1.96. The standard InChI is InChI=1S/C9H19N2/c1-2-3-4-7-11-8-5-10-6-9-11/h2-9H2,1H3/q-1. The Morgan fingerprint density at radius 3 is 2.55 bits per heavy atom. The van der Waals surface area contributed by atoms with Crippen LogP contribution in [0, 0.1) is 0 Å². The summed E-state index contributed by atoms with van der Waals surface area (Å²) in [5, 5.41) is 4.31. The van der Waals surface area contributed by atoms with Crippen molar-refractivity contribution in [1.82, 2.24) is 4.90 Å². The molecule has 0 spiro atoms. The van der Waals surface area contributed by atoms with Crippen LogP contribution in [0.15, 0.2) is 0 Å². The zero-order chi connectivity index (χ0) is 7.94. The maximum atomic E-state index is 4.31. The quantitative estimate of drug-likeness (QED) is 0.566. The SMILES string of the molecule is CCCCCN1CC[N-]CC1. The van der Waals surface area contributed by atoms with E-state index in [9.17, 15) is 0 Å². The molecule has 0 radical (unpaired) electrons. The second-order valence-electron chi connectivity index (χ2n) is 3.22. The minimum Gasteiger partial charge on any atom is -0.660 e. The summed E-state index contributed by atoms with van der Waals surface area (Å²) in [5.74, 6) is 0. The molecule has 1 rings (SSSR count). The van der Waals surface area contributed by atoms with Gasteiger partial charge in [-0.3, -0.25) is 0 Å². The van der Waals surface area contributed by atoms with Crippen LogP contribution in [0.1, 0.15) is 26.2 Å². The van der Waals surface area contributed by atoms with E-state index in [-0.39, 0.29) is 0 Å². The molecule has 0 unspecified atom stereocenters. The molecular formula is C9H19N2-. The largest absolute Gasteiger partial charge is 0.660 e. The average Bonchev–Trinajstić information content (AvgIpc) is 2.07. The molecule has 1 aliphatic heterocycles. The normalized spacial score (nSPS) is 20.5. The van der Waals surface area contributed by atoms with Crippen molar-refractivity contribution in [2.45, 2.75) is 26.2 Å². The molecule has 2 nitrogen and oxygen atoms in total. The van der Waals surface area contributed by atoms with Gasteiger partial charge in [-0.2, -0.15) is 0 Å². The van der Waals surface area contributed by atoms with E-state index in [0.717, 1.165) is 13.1 Å². The molecule has 0 saturated carbocycles. The van der Waals surface area contributed by atoms with E-state index in [1.807, 2.05) is 0 Å². The summed E-state index contributed by atoms with van der Waals surface area (Å²) in [4.78, 5) is 2.53. The van der Waals surface area contributed by atoms with Crippen molar-refractivity contribution in [2.75, 3.05) is 32.7 Å². The highest BCUT2D eigenvalue weighted by Crippen LogP contribution is 2.03. The van der Waals surface area contributed by atoms with E-state index in [1.165, 1.54) is 38.9 Å². The molecule has 0 N–H and O–H groups in total. The summed E-state index contributed by atoms with van der Waals surface area (Å²) in [7, 11) is 0. The van der Waals surface area contributed by atoms with Gasteiger partial charge in [0.15, 0.2) is 0 Å². The minimum atomic E-state index is 1.06. The molecule has 0 amide bonds. The van der Waals surface area contributed by atoms with Crippen LogP contribution in [-0.2, 0) is 0 Å². The van der Waals surface area contributed by atoms with E-state index < -0.39 is 0 Å². The third-order valence-electron chi connectivity index (χ3n) is 2.23. The lowest BCUT2D eigenvalue weighted by Crippen LogP contribution is -2.34. The predicted molar refractivity (Wildman–Crippen MR) is 49.1 cm³/mol. The maximum absolute atomic E-state index is 4.31. The highest BCUT2D eigenvalue weighted by atomic mass is 15.2. The van der Waals surface area contributed by atoms with Crippen LogP contribution in [-0.4, -0.2) is 37.6 Å². The monoisotopic (exact) mass is 155 g/mol. The Bertz CT molecular complexity index is 87.6. The van der Waals surface area contributed by atoms with E-state index >= 15 is 0 Å². The van der Waals surface area contributed by atoms with Gasteiger partial charge in [0.25, 0.3) is 0 Å². The van der Waals surface area contributed by atoms with E-state index in [1.54, 1.807) is 0 Å². The van der Waals surface area contributed by atoms with Crippen molar-refractivity contribution >= 4 is 0 Å². The number of rotatable bonds is 4. The first-order valence-corrected chi connectivity index (χ1v) is 4.79. The molecule has 1 fully saturated rings. The van der Waals surface area contributed by atoms with Crippen molar-refractivity contribution in [3.8, 4) is 0 Å². The Labute approximate surface area is 70.0 Å². The van der Waals surface area contributed by atoms with Gasteiger partial charge < -0.3 is 10.2 Å². The zero-order valence-corrected chi connectivity index (χ0v) is 7.55. The number of hydrogen-bond donors (Lipinski definition) is 0. The number of nitrogens with zero attached hydrogens (tertiary/aromatic N) is 2. The van der Waals surface area contributed by atoms with E-state index in [4.69, 9.17) is 0 Å². The Morgan fingerprint density at radius 1 is 1.18 bits per heavy atom. The second kappa shape index (κ2) is 5.56. The molecule has 0 bridgehead atoms. The minimum absolute atomic E-state index is 1.06. The molecule has 11 heavy (non-hydrogen) atoms. The first kappa shape index (κ1) is 9.01. The van der Waals surface area contributed by atoms with Crippen LogP contribution in [0.25, 0.3) is 5.32 Å². The second-order valence-corrected chi connectivity index (χ2v) is 3.22. The van der Waals surface area contributed by atoms with Gasteiger partial charge in [0.05, 0.1) is 0 Å². The summed E-state index contributed by atoms with van der Waals surface area (Å²) in [6.07, 6.45) is 4.09. The summed E-state index contributed by atoms with van der Waals surface area (Å²) in [5.41, 5.74) is 0. The fourth-order valence-electron chi connectivity index (χ4n) is 1.46. The van der Waals surface area contributed by atoms with Crippen LogP contribution in [0.4, 0.5) is 0 Å². The fourth-order valence-corrected chi connectivity index (χ4v) is 1.46. The highest BCUT2D eigenvalue weighted by Gasteiger charge is 2.01. The Morgan fingerprint density at radius 2 is 1.91 bits per heavy atom. The first-order chi connectivity index (χ1) is 5.43. The zero-order valence-electron chi connectivity index (χ0n) is 7.55.